The van der Waals surface area contributed by atoms with Crippen LogP contribution in [-0.2, 0) is 18.4 Å². The van der Waals surface area contributed by atoms with Crippen molar-refractivity contribution in [3.63, 3.8) is 0 Å². The maximum atomic E-state index is 14.7. The Morgan fingerprint density at radius 3 is 1.90 bits per heavy atom. The van der Waals surface area contributed by atoms with E-state index in [0.717, 1.165) is 44.3 Å². The summed E-state index contributed by atoms with van der Waals surface area (Å²) in [7, 11) is -4.60. The summed E-state index contributed by atoms with van der Waals surface area (Å²) in [6.45, 7) is 19.7. The summed E-state index contributed by atoms with van der Waals surface area (Å²) in [5.74, 6) is 0.783. The molecule has 2 saturated heterocycles. The molecule has 1 saturated carbocycles. The zero-order valence-electron chi connectivity index (χ0n) is 30.5. The van der Waals surface area contributed by atoms with Gasteiger partial charge in [-0.3, -0.25) is 4.79 Å². The smallest absolute Gasteiger partial charge is 0.261 e. The van der Waals surface area contributed by atoms with Crippen molar-refractivity contribution >= 4 is 32.9 Å². The van der Waals surface area contributed by atoms with Gasteiger partial charge in [0.05, 0.1) is 18.1 Å². The Bertz CT molecular complexity index is 1500. The largest absolute Gasteiger partial charge is 0.417 e. The Hall–Kier alpha value is -2.56. The van der Waals surface area contributed by atoms with E-state index in [9.17, 15) is 4.79 Å². The summed E-state index contributed by atoms with van der Waals surface area (Å²) in [5.41, 5.74) is 0.765. The maximum Gasteiger partial charge on any atom is 0.261 e. The molecular weight excluding hydrogens is 627 g/mol. The van der Waals surface area contributed by atoms with Gasteiger partial charge in [-0.15, -0.1) is 0 Å². The number of hydrogen-bond donors (Lipinski definition) is 0. The van der Waals surface area contributed by atoms with E-state index in [2.05, 4.69) is 144 Å². The third-order valence-electron chi connectivity index (χ3n) is 12.1. The second-order valence-corrected chi connectivity index (χ2v) is 26.3. The van der Waals surface area contributed by atoms with Crippen LogP contribution in [0, 0.1) is 11.3 Å². The van der Waals surface area contributed by atoms with E-state index in [-0.39, 0.29) is 39.8 Å². The lowest BCUT2D eigenvalue weighted by molar-refractivity contribution is -0.138. The van der Waals surface area contributed by atoms with Crippen LogP contribution in [-0.4, -0.2) is 52.9 Å². The van der Waals surface area contributed by atoms with Gasteiger partial charge in [0.25, 0.3) is 8.32 Å². The van der Waals surface area contributed by atoms with E-state index >= 15 is 0 Å². The number of benzene rings is 3. The Balaban J connectivity index is 1.27. The molecule has 1 aliphatic carbocycles. The molecule has 5 nitrogen and oxygen atoms in total. The highest BCUT2D eigenvalue weighted by Crippen LogP contribution is 2.56. The van der Waals surface area contributed by atoms with Crippen LogP contribution in [0.5, 0.6) is 0 Å². The Kier molecular flexibility index (Phi) is 9.77. The van der Waals surface area contributed by atoms with Crippen LogP contribution in [0.3, 0.4) is 0 Å². The van der Waals surface area contributed by atoms with Crippen LogP contribution in [0.25, 0.3) is 0 Å². The van der Waals surface area contributed by atoms with Gasteiger partial charge in [-0.05, 0) is 70.7 Å². The Labute approximate surface area is 291 Å². The fourth-order valence-electron chi connectivity index (χ4n) is 8.45. The molecule has 3 aromatic carbocycles. The standard InChI is InChI=1S/C41H57NO4Si2/c1-39(2,3)47(7,8)44-27-25-31-24-26-41(28-31)29-36-42(38(41)43)35(37(46-36)32-18-12-9-13-19-32)30-45-48(40(4,5)6,33-20-14-10-15-21-33)34-22-16-11-17-23-34/h9-23,31,35-37H,24-30H2,1-8H3/t31-,35-,36+,37-,41+/m0/s1. The molecule has 0 unspecified atom stereocenters. The minimum absolute atomic E-state index is 0.155. The van der Waals surface area contributed by atoms with Gasteiger partial charge in [0, 0.05) is 13.0 Å². The third-order valence-corrected chi connectivity index (χ3v) is 21.6. The summed E-state index contributed by atoms with van der Waals surface area (Å²) in [6, 6.07) is 31.8. The maximum absolute atomic E-state index is 14.7. The zero-order valence-corrected chi connectivity index (χ0v) is 32.5. The quantitative estimate of drug-likeness (QED) is 0.201. The normalized spacial score (nSPS) is 26.4. The number of carbonyl (C=O) groups excluding carboxylic acids is 1. The van der Waals surface area contributed by atoms with Crippen molar-refractivity contribution < 1.29 is 18.4 Å². The van der Waals surface area contributed by atoms with Gasteiger partial charge in [0.1, 0.15) is 12.3 Å². The fourth-order valence-corrected chi connectivity index (χ4v) is 14.1. The zero-order chi connectivity index (χ0) is 34.4. The number of carbonyl (C=O) groups is 1. The van der Waals surface area contributed by atoms with E-state index in [1.807, 2.05) is 6.07 Å². The van der Waals surface area contributed by atoms with Crippen LogP contribution < -0.4 is 10.4 Å². The van der Waals surface area contributed by atoms with Crippen molar-refractivity contribution in [1.82, 2.24) is 4.90 Å². The highest BCUT2D eigenvalue weighted by molar-refractivity contribution is 6.99. The first-order chi connectivity index (χ1) is 22.7. The number of ether oxygens (including phenoxy) is 1. The van der Waals surface area contributed by atoms with Gasteiger partial charge in [-0.1, -0.05) is 133 Å². The molecule has 3 fully saturated rings. The van der Waals surface area contributed by atoms with E-state index in [1.54, 1.807) is 0 Å². The lowest BCUT2D eigenvalue weighted by Gasteiger charge is -2.44. The Morgan fingerprint density at radius 1 is 0.792 bits per heavy atom. The minimum Gasteiger partial charge on any atom is -0.417 e. The number of amides is 1. The first-order valence-corrected chi connectivity index (χ1v) is 22.9. The molecule has 2 heterocycles. The molecule has 48 heavy (non-hydrogen) atoms. The van der Waals surface area contributed by atoms with E-state index < -0.39 is 16.6 Å². The third kappa shape index (κ3) is 6.42. The van der Waals surface area contributed by atoms with E-state index in [4.69, 9.17) is 13.6 Å². The number of fused-ring (bicyclic) bond motifs is 1. The molecule has 7 heteroatoms. The van der Waals surface area contributed by atoms with Crippen molar-refractivity contribution in [2.45, 2.75) is 115 Å². The van der Waals surface area contributed by atoms with Crippen molar-refractivity contribution in [2.75, 3.05) is 13.2 Å². The number of rotatable bonds is 10. The second-order valence-electron chi connectivity index (χ2n) is 17.2. The van der Waals surface area contributed by atoms with Crippen LogP contribution >= 0.6 is 0 Å². The van der Waals surface area contributed by atoms with Crippen LogP contribution in [0.15, 0.2) is 91.0 Å². The molecule has 3 aromatic rings. The average molecular weight is 684 g/mol. The predicted octanol–water partition coefficient (Wildman–Crippen LogP) is 8.46. The van der Waals surface area contributed by atoms with Crippen LogP contribution in [0.2, 0.25) is 23.2 Å². The van der Waals surface area contributed by atoms with E-state index in [1.165, 1.54) is 10.4 Å². The average Bonchev–Trinajstić information content (AvgIpc) is 3.70. The first-order valence-electron chi connectivity index (χ1n) is 18.1. The molecule has 5 atom stereocenters. The van der Waals surface area contributed by atoms with Gasteiger partial charge in [-0.2, -0.15) is 0 Å². The summed E-state index contributed by atoms with van der Waals surface area (Å²) in [4.78, 5) is 16.9. The second kappa shape index (κ2) is 13.3. The molecule has 258 valence electrons. The molecule has 1 spiro atoms. The monoisotopic (exact) mass is 683 g/mol. The first kappa shape index (κ1) is 35.3. The van der Waals surface area contributed by atoms with Crippen LogP contribution in [0.1, 0.15) is 85.3 Å². The molecule has 0 aromatic heterocycles. The van der Waals surface area contributed by atoms with Crippen molar-refractivity contribution in [3.05, 3.63) is 96.6 Å². The number of hydrogen-bond acceptors (Lipinski definition) is 4. The van der Waals surface area contributed by atoms with Gasteiger partial charge in [0.2, 0.25) is 5.91 Å². The molecule has 0 radical (unpaired) electrons. The minimum atomic E-state index is -2.81. The molecule has 0 N–H and O–H groups in total. The van der Waals surface area contributed by atoms with Crippen molar-refractivity contribution in [3.8, 4) is 0 Å². The van der Waals surface area contributed by atoms with Crippen LogP contribution in [0.4, 0.5) is 0 Å². The molecule has 3 aliphatic rings. The molecule has 2 aliphatic heterocycles. The SMILES string of the molecule is CC(C)(C)[Si](C)(C)OCC[C@@H]1CC[C@@]2(C1)C[C@H]1O[C@@H](c3ccccc3)[C@H](CO[Si](c3ccccc3)(c3ccccc3)C(C)(C)C)N1C2=O. The summed E-state index contributed by atoms with van der Waals surface area (Å²) in [6.07, 6.45) is 4.29. The van der Waals surface area contributed by atoms with Gasteiger partial charge in [-0.25, -0.2) is 0 Å². The topological polar surface area (TPSA) is 48.0 Å². The van der Waals surface area contributed by atoms with Gasteiger partial charge >= 0.3 is 0 Å². The summed E-state index contributed by atoms with van der Waals surface area (Å²) >= 11 is 0. The Morgan fingerprint density at radius 2 is 1.35 bits per heavy atom. The van der Waals surface area contributed by atoms with Gasteiger partial charge in [0.15, 0.2) is 8.32 Å². The molecule has 1 amide bonds. The fraction of sp³-hybridized carbons (Fsp3) is 0.537. The molecule has 0 bridgehead atoms. The lowest BCUT2D eigenvalue weighted by Crippen LogP contribution is -2.67. The van der Waals surface area contributed by atoms with Gasteiger partial charge < -0.3 is 18.5 Å². The van der Waals surface area contributed by atoms with Crippen molar-refractivity contribution in [1.29, 1.82) is 0 Å². The molecular formula is C41H57NO4Si2. The summed E-state index contributed by atoms with van der Waals surface area (Å²) < 4.78 is 21.0. The predicted molar refractivity (Wildman–Crippen MR) is 200 cm³/mol. The molecule has 6 rings (SSSR count). The highest BCUT2D eigenvalue weighted by Gasteiger charge is 2.62. The lowest BCUT2D eigenvalue weighted by atomic mass is 9.82. The van der Waals surface area contributed by atoms with Crippen molar-refractivity contribution in [2.24, 2.45) is 11.3 Å². The highest BCUT2D eigenvalue weighted by atomic mass is 28.4. The number of nitrogens with zero attached hydrogens (tertiary/aromatic N) is 1. The summed E-state index contributed by atoms with van der Waals surface area (Å²) in [5, 5.41) is 2.54. The van der Waals surface area contributed by atoms with E-state index in [0.29, 0.717) is 12.5 Å².